The summed E-state index contributed by atoms with van der Waals surface area (Å²) >= 11 is 0. The van der Waals surface area contributed by atoms with E-state index in [9.17, 15) is 4.79 Å². The molecule has 0 aliphatic heterocycles. The maximum absolute atomic E-state index is 11.5. The van der Waals surface area contributed by atoms with Crippen molar-refractivity contribution in [2.24, 2.45) is 11.8 Å². The van der Waals surface area contributed by atoms with Crippen LogP contribution >= 0.6 is 0 Å². The average molecular weight is 210 g/mol. The fraction of sp³-hybridized carbons (Fsp3) is 0.833. The van der Waals surface area contributed by atoms with Crippen LogP contribution in [0.5, 0.6) is 0 Å². The Morgan fingerprint density at radius 2 is 2.00 bits per heavy atom. The lowest BCUT2D eigenvalue weighted by atomic mass is 9.95. The molecule has 0 aliphatic carbocycles. The van der Waals surface area contributed by atoms with E-state index in [2.05, 4.69) is 25.2 Å². The normalized spacial score (nSPS) is 14.4. The van der Waals surface area contributed by atoms with Crippen LogP contribution in [0.3, 0.4) is 0 Å². The molecule has 3 heteroatoms. The Bertz CT molecular complexity index is 230. The van der Waals surface area contributed by atoms with Gasteiger partial charge >= 0.3 is 0 Å². The van der Waals surface area contributed by atoms with Gasteiger partial charge in [-0.25, -0.2) is 0 Å². The zero-order chi connectivity index (χ0) is 11.8. The van der Waals surface area contributed by atoms with Gasteiger partial charge in [0.2, 0.25) is 5.91 Å². The first-order chi connectivity index (χ1) is 6.99. The van der Waals surface area contributed by atoms with E-state index < -0.39 is 0 Å². The van der Waals surface area contributed by atoms with Crippen molar-refractivity contribution in [2.45, 2.75) is 53.0 Å². The Morgan fingerprint density at radius 3 is 2.40 bits per heavy atom. The minimum Gasteiger partial charge on any atom is -0.354 e. The second-order valence-corrected chi connectivity index (χ2v) is 4.54. The highest BCUT2D eigenvalue weighted by Crippen LogP contribution is 2.14. The minimum absolute atomic E-state index is 0.00319. The third kappa shape index (κ3) is 6.96. The molecule has 0 bridgehead atoms. The summed E-state index contributed by atoms with van der Waals surface area (Å²) in [6.07, 6.45) is 2.05. The molecular weight excluding hydrogens is 188 g/mol. The van der Waals surface area contributed by atoms with Crippen LogP contribution in [0.15, 0.2) is 0 Å². The summed E-state index contributed by atoms with van der Waals surface area (Å²) < 4.78 is 0. The van der Waals surface area contributed by atoms with Gasteiger partial charge in [0.25, 0.3) is 0 Å². The molecule has 2 unspecified atom stereocenters. The first-order valence-electron chi connectivity index (χ1n) is 5.68. The van der Waals surface area contributed by atoms with E-state index in [1.54, 1.807) is 0 Å². The van der Waals surface area contributed by atoms with Crippen LogP contribution in [0.1, 0.15) is 47.0 Å². The molecule has 0 saturated heterocycles. The topological polar surface area (TPSA) is 52.9 Å². The SMILES string of the molecule is CCC(C)NC(=O)CC(C#N)CC(C)C. The summed E-state index contributed by atoms with van der Waals surface area (Å²) in [6, 6.07) is 2.40. The van der Waals surface area contributed by atoms with E-state index in [-0.39, 0.29) is 17.9 Å². The number of nitriles is 1. The van der Waals surface area contributed by atoms with Crippen molar-refractivity contribution in [1.29, 1.82) is 5.26 Å². The number of hydrogen-bond donors (Lipinski definition) is 1. The summed E-state index contributed by atoms with van der Waals surface area (Å²) in [5.74, 6) is 0.316. The fourth-order valence-corrected chi connectivity index (χ4v) is 1.41. The smallest absolute Gasteiger partial charge is 0.221 e. The van der Waals surface area contributed by atoms with E-state index >= 15 is 0 Å². The van der Waals surface area contributed by atoms with Gasteiger partial charge in [0.15, 0.2) is 0 Å². The van der Waals surface area contributed by atoms with Crippen molar-refractivity contribution < 1.29 is 4.79 Å². The Hall–Kier alpha value is -1.04. The standard InChI is InChI=1S/C12H22N2O/c1-5-10(4)14-12(15)7-11(8-13)6-9(2)3/h9-11H,5-7H2,1-4H3,(H,14,15). The molecule has 0 radical (unpaired) electrons. The fourth-order valence-electron chi connectivity index (χ4n) is 1.41. The van der Waals surface area contributed by atoms with Crippen LogP contribution in [0.25, 0.3) is 0 Å². The third-order valence-electron chi connectivity index (χ3n) is 2.39. The Morgan fingerprint density at radius 1 is 1.40 bits per heavy atom. The number of amides is 1. The molecular formula is C12H22N2O. The number of hydrogen-bond acceptors (Lipinski definition) is 2. The highest BCUT2D eigenvalue weighted by molar-refractivity contribution is 5.76. The lowest BCUT2D eigenvalue weighted by Gasteiger charge is -2.14. The highest BCUT2D eigenvalue weighted by atomic mass is 16.1. The maximum atomic E-state index is 11.5. The van der Waals surface area contributed by atoms with Gasteiger partial charge in [-0.05, 0) is 25.7 Å². The number of nitrogens with one attached hydrogen (secondary N) is 1. The number of rotatable bonds is 6. The quantitative estimate of drug-likeness (QED) is 0.732. The molecule has 0 aliphatic rings. The molecule has 3 nitrogen and oxygen atoms in total. The van der Waals surface area contributed by atoms with Crippen LogP contribution < -0.4 is 5.32 Å². The first kappa shape index (κ1) is 14.0. The molecule has 0 heterocycles. The third-order valence-corrected chi connectivity index (χ3v) is 2.39. The Kier molecular flexibility index (Phi) is 6.77. The van der Waals surface area contributed by atoms with E-state index in [1.165, 1.54) is 0 Å². The molecule has 0 aromatic carbocycles. The molecule has 0 aromatic rings. The molecule has 1 N–H and O–H groups in total. The molecule has 0 spiro atoms. The van der Waals surface area contributed by atoms with Crippen LogP contribution in [0.4, 0.5) is 0 Å². The van der Waals surface area contributed by atoms with E-state index in [1.807, 2.05) is 13.8 Å². The lowest BCUT2D eigenvalue weighted by Crippen LogP contribution is -2.33. The van der Waals surface area contributed by atoms with Gasteiger partial charge in [-0.2, -0.15) is 5.26 Å². The highest BCUT2D eigenvalue weighted by Gasteiger charge is 2.15. The van der Waals surface area contributed by atoms with Crippen molar-refractivity contribution >= 4 is 5.91 Å². The molecule has 15 heavy (non-hydrogen) atoms. The number of nitrogens with zero attached hydrogens (tertiary/aromatic N) is 1. The second kappa shape index (κ2) is 7.28. The zero-order valence-corrected chi connectivity index (χ0v) is 10.2. The summed E-state index contributed by atoms with van der Waals surface area (Å²) in [5.41, 5.74) is 0. The van der Waals surface area contributed by atoms with Crippen LogP contribution in [-0.2, 0) is 4.79 Å². The number of carbonyl (C=O) groups is 1. The Labute approximate surface area is 92.9 Å². The molecule has 2 atom stereocenters. The average Bonchev–Trinajstić information content (AvgIpc) is 2.15. The van der Waals surface area contributed by atoms with Crippen LogP contribution in [0, 0.1) is 23.2 Å². The monoisotopic (exact) mass is 210 g/mol. The van der Waals surface area contributed by atoms with Gasteiger partial charge in [-0.3, -0.25) is 4.79 Å². The van der Waals surface area contributed by atoms with E-state index in [0.29, 0.717) is 12.3 Å². The van der Waals surface area contributed by atoms with Gasteiger partial charge in [0.1, 0.15) is 0 Å². The number of carbonyl (C=O) groups excluding carboxylic acids is 1. The van der Waals surface area contributed by atoms with Gasteiger partial charge in [0.05, 0.1) is 12.0 Å². The maximum Gasteiger partial charge on any atom is 0.221 e. The van der Waals surface area contributed by atoms with Crippen molar-refractivity contribution in [3.63, 3.8) is 0 Å². The summed E-state index contributed by atoms with van der Waals surface area (Å²) in [6.45, 7) is 8.14. The van der Waals surface area contributed by atoms with Crippen molar-refractivity contribution in [3.05, 3.63) is 0 Å². The van der Waals surface area contributed by atoms with Crippen molar-refractivity contribution in [1.82, 2.24) is 5.32 Å². The molecule has 0 saturated carbocycles. The predicted molar refractivity (Wildman–Crippen MR) is 61.1 cm³/mol. The summed E-state index contributed by atoms with van der Waals surface area (Å²) in [7, 11) is 0. The second-order valence-electron chi connectivity index (χ2n) is 4.54. The lowest BCUT2D eigenvalue weighted by molar-refractivity contribution is -0.122. The van der Waals surface area contributed by atoms with Crippen molar-refractivity contribution in [2.75, 3.05) is 0 Å². The Balaban J connectivity index is 3.97. The molecule has 0 aromatic heterocycles. The zero-order valence-electron chi connectivity index (χ0n) is 10.2. The van der Waals surface area contributed by atoms with Gasteiger partial charge < -0.3 is 5.32 Å². The molecule has 0 rings (SSSR count). The predicted octanol–water partition coefficient (Wildman–Crippen LogP) is 2.48. The minimum atomic E-state index is -0.144. The van der Waals surface area contributed by atoms with Crippen LogP contribution in [-0.4, -0.2) is 11.9 Å². The van der Waals surface area contributed by atoms with Gasteiger partial charge in [-0.15, -0.1) is 0 Å². The summed E-state index contributed by atoms with van der Waals surface area (Å²) in [4.78, 5) is 11.5. The van der Waals surface area contributed by atoms with E-state index in [0.717, 1.165) is 12.8 Å². The molecule has 86 valence electrons. The molecule has 1 amide bonds. The van der Waals surface area contributed by atoms with Gasteiger partial charge in [-0.1, -0.05) is 20.8 Å². The first-order valence-corrected chi connectivity index (χ1v) is 5.68. The van der Waals surface area contributed by atoms with Crippen molar-refractivity contribution in [3.8, 4) is 6.07 Å². The van der Waals surface area contributed by atoms with E-state index in [4.69, 9.17) is 5.26 Å². The van der Waals surface area contributed by atoms with Gasteiger partial charge in [0, 0.05) is 12.5 Å². The molecule has 0 fully saturated rings. The summed E-state index contributed by atoms with van der Waals surface area (Å²) in [5, 5.41) is 11.8. The van der Waals surface area contributed by atoms with Crippen LogP contribution in [0.2, 0.25) is 0 Å². The largest absolute Gasteiger partial charge is 0.354 e.